The van der Waals surface area contributed by atoms with Crippen molar-refractivity contribution < 1.29 is 29.4 Å². The van der Waals surface area contributed by atoms with E-state index in [0.29, 0.717) is 17.7 Å². The van der Waals surface area contributed by atoms with Gasteiger partial charge in [0.15, 0.2) is 0 Å². The Morgan fingerprint density at radius 2 is 1.53 bits per heavy atom. The van der Waals surface area contributed by atoms with Gasteiger partial charge >= 0.3 is 5.97 Å². The van der Waals surface area contributed by atoms with Gasteiger partial charge in [-0.05, 0) is 43.0 Å². The molecule has 12 heteroatoms. The molecule has 1 rings (SSSR count). The van der Waals surface area contributed by atoms with E-state index >= 15 is 0 Å². The fraction of sp³-hybridized carbons (Fsp3) is 0.500. The summed E-state index contributed by atoms with van der Waals surface area (Å²) in [6, 6.07) is 1.85. The Labute approximate surface area is 196 Å². The zero-order chi connectivity index (χ0) is 24.3. The average Bonchev–Trinajstić information content (AvgIpc) is 2.75. The summed E-state index contributed by atoms with van der Waals surface area (Å²) in [5.74, 6) is -2.53. The lowest BCUT2D eigenvalue weighted by atomic mass is 10.1. The van der Waals surface area contributed by atoms with E-state index in [1.54, 1.807) is 12.1 Å². The summed E-state index contributed by atoms with van der Waals surface area (Å²) in [5.41, 5.74) is 6.14. The van der Waals surface area contributed by atoms with E-state index in [1.807, 2.05) is 6.26 Å². The standard InChI is InChI=1S/C20H30N4O6S2/c1-11(21)17(26)22-14(7-8-32-2)18(27)24-16(10-31)19(28)23-15(20(29)30)9-12-3-5-13(25)6-4-12/h3-6,11,14-16,25,31H,7-10,21H2,1-2H3,(H,22,26)(H,23,28)(H,24,27)(H,29,30). The number of aliphatic carboxylic acids is 1. The number of hydrogen-bond acceptors (Lipinski definition) is 8. The van der Waals surface area contributed by atoms with Gasteiger partial charge in [-0.25, -0.2) is 4.79 Å². The highest BCUT2D eigenvalue weighted by molar-refractivity contribution is 7.98. The minimum atomic E-state index is -1.25. The molecule has 4 atom stereocenters. The first-order valence-corrected chi connectivity index (χ1v) is 11.9. The molecule has 32 heavy (non-hydrogen) atoms. The van der Waals surface area contributed by atoms with Gasteiger partial charge in [0.25, 0.3) is 0 Å². The van der Waals surface area contributed by atoms with Crippen LogP contribution in [0.15, 0.2) is 24.3 Å². The topological polar surface area (TPSA) is 171 Å². The molecule has 0 radical (unpaired) electrons. The number of hydrogen-bond donors (Lipinski definition) is 7. The second-order valence-electron chi connectivity index (χ2n) is 7.15. The van der Waals surface area contributed by atoms with Gasteiger partial charge in [-0.3, -0.25) is 14.4 Å². The fourth-order valence-electron chi connectivity index (χ4n) is 2.61. The first-order chi connectivity index (χ1) is 15.1. The van der Waals surface area contributed by atoms with Crippen LogP contribution in [0.25, 0.3) is 0 Å². The van der Waals surface area contributed by atoms with Gasteiger partial charge in [-0.15, -0.1) is 0 Å². The number of carboxylic acids is 1. The number of amides is 3. The third-order valence-corrected chi connectivity index (χ3v) is 5.47. The smallest absolute Gasteiger partial charge is 0.326 e. The number of aromatic hydroxyl groups is 1. The number of benzene rings is 1. The van der Waals surface area contributed by atoms with Crippen molar-refractivity contribution in [3.63, 3.8) is 0 Å². The molecular weight excluding hydrogens is 456 g/mol. The highest BCUT2D eigenvalue weighted by atomic mass is 32.2. The maximum absolute atomic E-state index is 12.7. The van der Waals surface area contributed by atoms with Crippen LogP contribution in [0.4, 0.5) is 0 Å². The Kier molecular flexibility index (Phi) is 12.0. The highest BCUT2D eigenvalue weighted by Gasteiger charge is 2.29. The average molecular weight is 487 g/mol. The Balaban J connectivity index is 2.83. The molecule has 3 amide bonds. The van der Waals surface area contributed by atoms with Crippen molar-refractivity contribution in [2.75, 3.05) is 17.8 Å². The lowest BCUT2D eigenvalue weighted by Gasteiger charge is -2.24. The van der Waals surface area contributed by atoms with Crippen LogP contribution in [0.2, 0.25) is 0 Å². The summed E-state index contributed by atoms with van der Waals surface area (Å²) in [7, 11) is 0. The summed E-state index contributed by atoms with van der Waals surface area (Å²) in [6.45, 7) is 1.49. The minimum absolute atomic E-state index is 0.0185. The molecule has 4 unspecified atom stereocenters. The van der Waals surface area contributed by atoms with Gasteiger partial charge in [-0.2, -0.15) is 24.4 Å². The molecule has 0 aliphatic rings. The van der Waals surface area contributed by atoms with Crippen molar-refractivity contribution in [3.05, 3.63) is 29.8 Å². The number of thiol groups is 1. The molecule has 0 aliphatic carbocycles. The highest BCUT2D eigenvalue weighted by Crippen LogP contribution is 2.12. The van der Waals surface area contributed by atoms with Gasteiger partial charge in [0.1, 0.15) is 23.9 Å². The van der Waals surface area contributed by atoms with Crippen LogP contribution in [-0.2, 0) is 25.6 Å². The second-order valence-corrected chi connectivity index (χ2v) is 8.50. The monoisotopic (exact) mass is 486 g/mol. The number of carbonyl (C=O) groups excluding carboxylic acids is 3. The predicted molar refractivity (Wildman–Crippen MR) is 126 cm³/mol. The Morgan fingerprint density at radius 3 is 2.03 bits per heavy atom. The van der Waals surface area contributed by atoms with E-state index in [0.717, 1.165) is 0 Å². The molecule has 0 heterocycles. The molecule has 0 saturated carbocycles. The molecule has 0 aromatic heterocycles. The Morgan fingerprint density at radius 1 is 1.00 bits per heavy atom. The third kappa shape index (κ3) is 9.37. The zero-order valence-corrected chi connectivity index (χ0v) is 19.6. The van der Waals surface area contributed by atoms with Crippen LogP contribution < -0.4 is 21.7 Å². The van der Waals surface area contributed by atoms with Gasteiger partial charge in [0.2, 0.25) is 17.7 Å². The molecule has 0 saturated heterocycles. The van der Waals surface area contributed by atoms with Crippen LogP contribution in [0.5, 0.6) is 5.75 Å². The van der Waals surface area contributed by atoms with Crippen LogP contribution in [0, 0.1) is 0 Å². The zero-order valence-electron chi connectivity index (χ0n) is 17.9. The number of carboxylic acid groups (broad SMARTS) is 1. The molecule has 0 fully saturated rings. The van der Waals surface area contributed by atoms with Crippen LogP contribution in [0.3, 0.4) is 0 Å². The molecular formula is C20H30N4O6S2. The predicted octanol–water partition coefficient (Wildman–Crippen LogP) is -0.496. The lowest BCUT2D eigenvalue weighted by Crippen LogP contribution is -2.57. The van der Waals surface area contributed by atoms with Gasteiger partial charge in [-0.1, -0.05) is 12.1 Å². The molecule has 10 nitrogen and oxygen atoms in total. The summed E-state index contributed by atoms with van der Waals surface area (Å²) in [6.07, 6.45) is 2.16. The molecule has 1 aromatic rings. The van der Waals surface area contributed by atoms with Crippen LogP contribution >= 0.6 is 24.4 Å². The maximum atomic E-state index is 12.7. The number of nitrogens with two attached hydrogens (primary N) is 1. The van der Waals surface area contributed by atoms with Crippen LogP contribution in [-0.4, -0.2) is 75.8 Å². The van der Waals surface area contributed by atoms with Gasteiger partial charge < -0.3 is 31.9 Å². The minimum Gasteiger partial charge on any atom is -0.508 e. The molecule has 0 spiro atoms. The normalized spacial score (nSPS) is 14.5. The van der Waals surface area contributed by atoms with Crippen molar-refractivity contribution in [1.82, 2.24) is 16.0 Å². The summed E-state index contributed by atoms with van der Waals surface area (Å²) < 4.78 is 0. The Hall–Kier alpha value is -2.44. The van der Waals surface area contributed by atoms with Crippen LogP contribution in [0.1, 0.15) is 18.9 Å². The van der Waals surface area contributed by atoms with E-state index in [1.165, 1.54) is 30.8 Å². The van der Waals surface area contributed by atoms with E-state index in [-0.39, 0.29) is 17.9 Å². The van der Waals surface area contributed by atoms with Crippen molar-refractivity contribution in [2.45, 2.75) is 43.9 Å². The van der Waals surface area contributed by atoms with Crippen molar-refractivity contribution in [2.24, 2.45) is 5.73 Å². The quantitative estimate of drug-likeness (QED) is 0.183. The fourth-order valence-corrected chi connectivity index (χ4v) is 3.34. The van der Waals surface area contributed by atoms with E-state index in [9.17, 15) is 29.4 Å². The molecule has 7 N–H and O–H groups in total. The number of phenols is 1. The maximum Gasteiger partial charge on any atom is 0.326 e. The van der Waals surface area contributed by atoms with E-state index in [2.05, 4.69) is 28.6 Å². The van der Waals surface area contributed by atoms with Crippen molar-refractivity contribution >= 4 is 48.1 Å². The first kappa shape index (κ1) is 27.6. The summed E-state index contributed by atoms with van der Waals surface area (Å²) in [4.78, 5) is 48.9. The van der Waals surface area contributed by atoms with Gasteiger partial charge in [0, 0.05) is 12.2 Å². The SMILES string of the molecule is CSCCC(NC(=O)C(C)N)C(=O)NC(CS)C(=O)NC(Cc1ccc(O)cc1)C(=O)O. The molecule has 178 valence electrons. The largest absolute Gasteiger partial charge is 0.508 e. The summed E-state index contributed by atoms with van der Waals surface area (Å²) in [5, 5.41) is 26.3. The number of nitrogens with one attached hydrogen (secondary N) is 3. The van der Waals surface area contributed by atoms with Crippen molar-refractivity contribution in [1.29, 1.82) is 0 Å². The van der Waals surface area contributed by atoms with Gasteiger partial charge in [0.05, 0.1) is 6.04 Å². The third-order valence-electron chi connectivity index (χ3n) is 4.46. The Bertz CT molecular complexity index is 791. The molecule has 1 aromatic carbocycles. The summed E-state index contributed by atoms with van der Waals surface area (Å²) >= 11 is 5.58. The van der Waals surface area contributed by atoms with E-state index < -0.39 is 47.9 Å². The second kappa shape index (κ2) is 13.9. The first-order valence-electron chi connectivity index (χ1n) is 9.86. The van der Waals surface area contributed by atoms with Crippen molar-refractivity contribution in [3.8, 4) is 5.75 Å². The molecule has 0 aliphatic heterocycles. The van der Waals surface area contributed by atoms with E-state index in [4.69, 9.17) is 5.73 Å². The number of rotatable bonds is 13. The number of phenolic OH excluding ortho intramolecular Hbond substituents is 1. The lowest BCUT2D eigenvalue weighted by molar-refractivity contribution is -0.142. The molecule has 0 bridgehead atoms. The number of thioether (sulfide) groups is 1. The number of carbonyl (C=O) groups is 4.